The van der Waals surface area contributed by atoms with Crippen molar-refractivity contribution in [2.75, 3.05) is 6.54 Å². The fraction of sp³-hybridized carbons (Fsp3) is 0.467. The van der Waals surface area contributed by atoms with Crippen LogP contribution in [-0.4, -0.2) is 18.4 Å². The van der Waals surface area contributed by atoms with Crippen molar-refractivity contribution in [3.05, 3.63) is 35.9 Å². The van der Waals surface area contributed by atoms with Crippen molar-refractivity contribution < 1.29 is 9.59 Å². The molecule has 0 radical (unpaired) electrons. The number of nitrogens with one attached hydrogen (secondary N) is 1. The van der Waals surface area contributed by atoms with Crippen LogP contribution in [0.5, 0.6) is 0 Å². The van der Waals surface area contributed by atoms with Gasteiger partial charge in [-0.05, 0) is 18.4 Å². The van der Waals surface area contributed by atoms with Gasteiger partial charge in [0.1, 0.15) is 0 Å². The van der Waals surface area contributed by atoms with E-state index in [9.17, 15) is 9.59 Å². The molecule has 0 fully saturated rings. The Kier molecular flexibility index (Phi) is 6.06. The molecule has 1 rings (SSSR count). The average Bonchev–Trinajstić information content (AvgIpc) is 2.40. The molecule has 4 heteroatoms. The molecule has 0 spiro atoms. The highest BCUT2D eigenvalue weighted by atomic mass is 16.2. The molecule has 104 valence electrons. The zero-order valence-electron chi connectivity index (χ0n) is 11.6. The summed E-state index contributed by atoms with van der Waals surface area (Å²) >= 11 is 0. The van der Waals surface area contributed by atoms with E-state index in [-0.39, 0.29) is 11.8 Å². The molecule has 1 aromatic rings. The molecule has 2 unspecified atom stereocenters. The number of carbonyl (C=O) groups is 2. The van der Waals surface area contributed by atoms with Crippen molar-refractivity contribution in [1.29, 1.82) is 0 Å². The molecule has 4 nitrogen and oxygen atoms in total. The summed E-state index contributed by atoms with van der Waals surface area (Å²) in [6, 6.07) is 9.95. The number of nitrogens with two attached hydrogens (primary N) is 1. The molecule has 1 aromatic carbocycles. The van der Waals surface area contributed by atoms with Crippen LogP contribution in [0.1, 0.15) is 25.8 Å². The third-order valence-electron chi connectivity index (χ3n) is 3.38. The first-order chi connectivity index (χ1) is 9.06. The van der Waals surface area contributed by atoms with E-state index in [2.05, 4.69) is 5.32 Å². The Bertz CT molecular complexity index is 417. The summed E-state index contributed by atoms with van der Waals surface area (Å²) in [5.74, 6) is -1.29. The fourth-order valence-electron chi connectivity index (χ4n) is 2.12. The predicted molar refractivity (Wildman–Crippen MR) is 75.3 cm³/mol. The highest BCUT2D eigenvalue weighted by Crippen LogP contribution is 2.15. The highest BCUT2D eigenvalue weighted by Gasteiger charge is 2.26. The Morgan fingerprint density at radius 3 is 2.42 bits per heavy atom. The van der Waals surface area contributed by atoms with Gasteiger partial charge in [0.2, 0.25) is 11.8 Å². The average molecular weight is 262 g/mol. The Balaban J connectivity index is 2.40. The third-order valence-corrected chi connectivity index (χ3v) is 3.38. The summed E-state index contributed by atoms with van der Waals surface area (Å²) in [5.41, 5.74) is 6.46. The van der Waals surface area contributed by atoms with Crippen LogP contribution in [0.25, 0.3) is 0 Å². The monoisotopic (exact) mass is 262 g/mol. The van der Waals surface area contributed by atoms with E-state index in [0.717, 1.165) is 6.42 Å². The Hall–Kier alpha value is -1.84. The lowest BCUT2D eigenvalue weighted by atomic mass is 9.90. The number of hydrogen-bond donors (Lipinski definition) is 2. The molecule has 0 aliphatic rings. The van der Waals surface area contributed by atoms with E-state index in [4.69, 9.17) is 5.73 Å². The van der Waals surface area contributed by atoms with Gasteiger partial charge in [-0.2, -0.15) is 0 Å². The summed E-state index contributed by atoms with van der Waals surface area (Å²) in [6.07, 6.45) is 1.37. The minimum atomic E-state index is -0.409. The topological polar surface area (TPSA) is 72.2 Å². The second-order valence-corrected chi connectivity index (χ2v) is 4.73. The highest BCUT2D eigenvalue weighted by molar-refractivity contribution is 5.86. The molecule has 0 aliphatic carbocycles. The van der Waals surface area contributed by atoms with Crippen molar-refractivity contribution in [2.24, 2.45) is 17.6 Å². The molecule has 0 saturated heterocycles. The van der Waals surface area contributed by atoms with E-state index >= 15 is 0 Å². The van der Waals surface area contributed by atoms with E-state index in [0.29, 0.717) is 13.0 Å². The van der Waals surface area contributed by atoms with Gasteiger partial charge < -0.3 is 11.1 Å². The maximum atomic E-state index is 11.9. The largest absolute Gasteiger partial charge is 0.369 e. The van der Waals surface area contributed by atoms with Crippen LogP contribution in [-0.2, 0) is 16.0 Å². The maximum absolute atomic E-state index is 11.9. The summed E-state index contributed by atoms with van der Waals surface area (Å²) in [7, 11) is 0. The van der Waals surface area contributed by atoms with Crippen LogP contribution in [0.2, 0.25) is 0 Å². The Labute approximate surface area is 114 Å². The van der Waals surface area contributed by atoms with Crippen molar-refractivity contribution in [3.63, 3.8) is 0 Å². The normalized spacial score (nSPS) is 13.6. The minimum absolute atomic E-state index is 0.110. The molecule has 0 bridgehead atoms. The van der Waals surface area contributed by atoms with Crippen molar-refractivity contribution in [3.8, 4) is 0 Å². The van der Waals surface area contributed by atoms with Gasteiger partial charge in [0.25, 0.3) is 0 Å². The zero-order chi connectivity index (χ0) is 14.3. The number of benzene rings is 1. The first-order valence-corrected chi connectivity index (χ1v) is 6.67. The number of primary amides is 1. The fourth-order valence-corrected chi connectivity index (χ4v) is 2.12. The molecule has 2 atom stereocenters. The number of rotatable bonds is 7. The van der Waals surface area contributed by atoms with Crippen molar-refractivity contribution in [1.82, 2.24) is 5.32 Å². The number of hydrogen-bond acceptors (Lipinski definition) is 2. The second kappa shape index (κ2) is 7.56. The molecular weight excluding hydrogens is 240 g/mol. The van der Waals surface area contributed by atoms with E-state index < -0.39 is 11.8 Å². The van der Waals surface area contributed by atoms with Gasteiger partial charge in [0.15, 0.2) is 0 Å². The van der Waals surface area contributed by atoms with Gasteiger partial charge >= 0.3 is 0 Å². The zero-order valence-corrected chi connectivity index (χ0v) is 11.6. The van der Waals surface area contributed by atoms with Gasteiger partial charge in [-0.15, -0.1) is 0 Å². The van der Waals surface area contributed by atoms with Crippen LogP contribution in [0.15, 0.2) is 30.3 Å². The molecular formula is C15H22N2O2. The van der Waals surface area contributed by atoms with Crippen molar-refractivity contribution in [2.45, 2.75) is 26.7 Å². The van der Waals surface area contributed by atoms with Crippen LogP contribution < -0.4 is 11.1 Å². The van der Waals surface area contributed by atoms with E-state index in [1.165, 1.54) is 5.56 Å². The first-order valence-electron chi connectivity index (χ1n) is 6.67. The predicted octanol–water partition coefficient (Wildman–Crippen LogP) is 1.49. The van der Waals surface area contributed by atoms with Crippen LogP contribution in [0.3, 0.4) is 0 Å². The number of carbonyl (C=O) groups excluding carboxylic acids is 2. The lowest BCUT2D eigenvalue weighted by molar-refractivity contribution is -0.132. The quantitative estimate of drug-likeness (QED) is 0.781. The van der Waals surface area contributed by atoms with Gasteiger partial charge in [0.05, 0.1) is 0 Å². The van der Waals surface area contributed by atoms with Crippen molar-refractivity contribution >= 4 is 11.8 Å². The molecule has 19 heavy (non-hydrogen) atoms. The maximum Gasteiger partial charge on any atom is 0.223 e. The third kappa shape index (κ3) is 4.73. The lowest BCUT2D eigenvalue weighted by Gasteiger charge is -2.19. The van der Waals surface area contributed by atoms with E-state index in [1.54, 1.807) is 6.92 Å². The SMILES string of the molecule is CCC(C(N)=O)C(C)C(=O)NCCc1ccccc1. The van der Waals surface area contributed by atoms with Crippen LogP contribution in [0.4, 0.5) is 0 Å². The van der Waals surface area contributed by atoms with E-state index in [1.807, 2.05) is 37.3 Å². The first kappa shape index (κ1) is 15.2. The molecule has 2 amide bonds. The molecule has 0 heterocycles. The van der Waals surface area contributed by atoms with Gasteiger partial charge in [-0.25, -0.2) is 0 Å². The summed E-state index contributed by atoms with van der Waals surface area (Å²) in [5, 5.41) is 2.85. The van der Waals surface area contributed by atoms with Crippen LogP contribution in [0, 0.1) is 11.8 Å². The standard InChI is InChI=1S/C15H22N2O2/c1-3-13(14(16)18)11(2)15(19)17-10-9-12-7-5-4-6-8-12/h4-8,11,13H,3,9-10H2,1-2H3,(H2,16,18)(H,17,19). The molecule has 0 aliphatic heterocycles. The Morgan fingerprint density at radius 1 is 1.26 bits per heavy atom. The molecule has 0 saturated carbocycles. The smallest absolute Gasteiger partial charge is 0.223 e. The Morgan fingerprint density at radius 2 is 1.89 bits per heavy atom. The molecule has 3 N–H and O–H groups in total. The summed E-state index contributed by atoms with van der Waals surface area (Å²) in [4.78, 5) is 23.1. The minimum Gasteiger partial charge on any atom is -0.369 e. The lowest BCUT2D eigenvalue weighted by Crippen LogP contribution is -2.39. The number of amides is 2. The summed E-state index contributed by atoms with van der Waals surface area (Å²) in [6.45, 7) is 4.18. The second-order valence-electron chi connectivity index (χ2n) is 4.73. The summed E-state index contributed by atoms with van der Waals surface area (Å²) < 4.78 is 0. The van der Waals surface area contributed by atoms with Crippen LogP contribution >= 0.6 is 0 Å². The van der Waals surface area contributed by atoms with Gasteiger partial charge in [0, 0.05) is 18.4 Å². The van der Waals surface area contributed by atoms with Gasteiger partial charge in [-0.3, -0.25) is 9.59 Å². The molecule has 0 aromatic heterocycles. The van der Waals surface area contributed by atoms with Gasteiger partial charge in [-0.1, -0.05) is 44.2 Å².